The molecule has 1 amide bonds. The topological polar surface area (TPSA) is 85.1 Å². The molecule has 0 spiro atoms. The Kier molecular flexibility index (Phi) is 5.70. The van der Waals surface area contributed by atoms with Gasteiger partial charge < -0.3 is 9.73 Å². The molecule has 2 aromatic carbocycles. The van der Waals surface area contributed by atoms with Crippen molar-refractivity contribution in [2.45, 2.75) is 12.1 Å². The Labute approximate surface area is 159 Å². The summed E-state index contributed by atoms with van der Waals surface area (Å²) in [6.45, 7) is 1.48. The van der Waals surface area contributed by atoms with Crippen molar-refractivity contribution < 1.29 is 14.0 Å². The van der Waals surface area contributed by atoms with Gasteiger partial charge in [-0.1, -0.05) is 47.6 Å². The molecular formula is C18H14ClN3O3S. The van der Waals surface area contributed by atoms with Gasteiger partial charge in [0.1, 0.15) is 0 Å². The molecule has 0 radical (unpaired) electrons. The number of carbonyl (C=O) groups is 2. The lowest BCUT2D eigenvalue weighted by Crippen LogP contribution is -2.14. The molecule has 0 atom stereocenters. The standard InChI is InChI=1S/C18H14ClN3O3S/c1-11(23)12-5-4-6-13(9-12)20-16(24)10-26-18-22-21-17(25-18)14-7-2-3-8-15(14)19/h2-9H,10H2,1H3,(H,20,24). The number of carbonyl (C=O) groups excluding carboxylic acids is 2. The molecule has 1 N–H and O–H groups in total. The van der Waals surface area contributed by atoms with Crippen molar-refractivity contribution in [3.05, 3.63) is 59.1 Å². The van der Waals surface area contributed by atoms with Crippen molar-refractivity contribution in [3.8, 4) is 11.5 Å². The molecular weight excluding hydrogens is 374 g/mol. The molecule has 0 fully saturated rings. The summed E-state index contributed by atoms with van der Waals surface area (Å²) in [6.07, 6.45) is 0. The number of anilines is 1. The molecule has 0 saturated carbocycles. The number of Topliss-reactive ketones (excluding diaryl/α,β-unsaturated/α-hetero) is 1. The zero-order valence-corrected chi connectivity index (χ0v) is 15.3. The highest BCUT2D eigenvalue weighted by molar-refractivity contribution is 7.99. The third-order valence-electron chi connectivity index (χ3n) is 3.39. The smallest absolute Gasteiger partial charge is 0.277 e. The summed E-state index contributed by atoms with van der Waals surface area (Å²) in [4.78, 5) is 23.5. The van der Waals surface area contributed by atoms with Crippen LogP contribution in [0.5, 0.6) is 0 Å². The third kappa shape index (κ3) is 4.50. The number of benzene rings is 2. The average Bonchev–Trinajstić information content (AvgIpc) is 3.09. The Morgan fingerprint density at radius 1 is 1.15 bits per heavy atom. The quantitative estimate of drug-likeness (QED) is 0.500. The molecule has 0 bridgehead atoms. The van der Waals surface area contributed by atoms with Gasteiger partial charge in [-0.05, 0) is 31.2 Å². The summed E-state index contributed by atoms with van der Waals surface area (Å²) in [6, 6.07) is 13.9. The summed E-state index contributed by atoms with van der Waals surface area (Å²) < 4.78 is 5.53. The molecule has 0 aliphatic rings. The van der Waals surface area contributed by atoms with Crippen LogP contribution in [0.25, 0.3) is 11.5 Å². The monoisotopic (exact) mass is 387 g/mol. The zero-order chi connectivity index (χ0) is 18.5. The molecule has 6 nitrogen and oxygen atoms in total. The van der Waals surface area contributed by atoms with Crippen LogP contribution in [0.15, 0.2) is 58.2 Å². The molecule has 1 aromatic heterocycles. The van der Waals surface area contributed by atoms with E-state index in [0.29, 0.717) is 27.7 Å². The van der Waals surface area contributed by atoms with E-state index in [2.05, 4.69) is 15.5 Å². The average molecular weight is 388 g/mol. The second-order valence-corrected chi connectivity index (χ2v) is 6.66. The van der Waals surface area contributed by atoms with E-state index in [9.17, 15) is 9.59 Å². The number of hydrogen-bond donors (Lipinski definition) is 1. The summed E-state index contributed by atoms with van der Waals surface area (Å²) in [5.41, 5.74) is 1.74. The SMILES string of the molecule is CC(=O)c1cccc(NC(=O)CSc2nnc(-c3ccccc3Cl)o2)c1. The first-order chi connectivity index (χ1) is 12.5. The maximum Gasteiger partial charge on any atom is 0.277 e. The first-order valence-electron chi connectivity index (χ1n) is 7.65. The predicted molar refractivity (Wildman–Crippen MR) is 101 cm³/mol. The Morgan fingerprint density at radius 3 is 2.73 bits per heavy atom. The van der Waals surface area contributed by atoms with Crippen LogP contribution in [-0.4, -0.2) is 27.6 Å². The lowest BCUT2D eigenvalue weighted by Gasteiger charge is -2.05. The van der Waals surface area contributed by atoms with Gasteiger partial charge in [-0.25, -0.2) is 0 Å². The fourth-order valence-electron chi connectivity index (χ4n) is 2.15. The Morgan fingerprint density at radius 2 is 1.96 bits per heavy atom. The van der Waals surface area contributed by atoms with E-state index in [1.54, 1.807) is 36.4 Å². The Balaban J connectivity index is 1.59. The van der Waals surface area contributed by atoms with Crippen LogP contribution in [0.4, 0.5) is 5.69 Å². The van der Waals surface area contributed by atoms with Crippen LogP contribution < -0.4 is 5.32 Å². The van der Waals surface area contributed by atoms with Gasteiger partial charge in [0.15, 0.2) is 5.78 Å². The lowest BCUT2D eigenvalue weighted by atomic mass is 10.1. The van der Waals surface area contributed by atoms with Gasteiger partial charge in [-0.2, -0.15) is 0 Å². The first kappa shape index (κ1) is 18.2. The van der Waals surface area contributed by atoms with E-state index in [1.807, 2.05) is 12.1 Å². The van der Waals surface area contributed by atoms with Crippen molar-refractivity contribution >= 4 is 40.7 Å². The maximum atomic E-state index is 12.1. The first-order valence-corrected chi connectivity index (χ1v) is 9.01. The molecule has 8 heteroatoms. The van der Waals surface area contributed by atoms with E-state index in [-0.39, 0.29) is 22.7 Å². The van der Waals surface area contributed by atoms with Crippen molar-refractivity contribution in [2.24, 2.45) is 0 Å². The normalized spacial score (nSPS) is 10.5. The highest BCUT2D eigenvalue weighted by atomic mass is 35.5. The minimum Gasteiger partial charge on any atom is -0.411 e. The summed E-state index contributed by atoms with van der Waals surface area (Å²) in [5, 5.41) is 11.4. The van der Waals surface area contributed by atoms with Crippen molar-refractivity contribution in [1.29, 1.82) is 0 Å². The van der Waals surface area contributed by atoms with E-state index < -0.39 is 0 Å². The van der Waals surface area contributed by atoms with Crippen LogP contribution >= 0.6 is 23.4 Å². The number of nitrogens with one attached hydrogen (secondary N) is 1. The molecule has 0 unspecified atom stereocenters. The zero-order valence-electron chi connectivity index (χ0n) is 13.7. The molecule has 0 aliphatic heterocycles. The van der Waals surface area contributed by atoms with Gasteiger partial charge in [-0.15, -0.1) is 10.2 Å². The minimum atomic E-state index is -0.242. The number of ketones is 1. The van der Waals surface area contributed by atoms with E-state index in [0.717, 1.165) is 11.8 Å². The van der Waals surface area contributed by atoms with Gasteiger partial charge >= 0.3 is 0 Å². The van der Waals surface area contributed by atoms with Gasteiger partial charge in [0.25, 0.3) is 5.22 Å². The number of aromatic nitrogens is 2. The highest BCUT2D eigenvalue weighted by Crippen LogP contribution is 2.28. The largest absolute Gasteiger partial charge is 0.411 e. The molecule has 1 heterocycles. The van der Waals surface area contributed by atoms with Crippen LogP contribution in [0.1, 0.15) is 17.3 Å². The van der Waals surface area contributed by atoms with E-state index in [1.165, 1.54) is 6.92 Å². The van der Waals surface area contributed by atoms with E-state index >= 15 is 0 Å². The van der Waals surface area contributed by atoms with Gasteiger partial charge in [0, 0.05) is 11.3 Å². The number of hydrogen-bond acceptors (Lipinski definition) is 6. The number of nitrogens with zero attached hydrogens (tertiary/aromatic N) is 2. The van der Waals surface area contributed by atoms with E-state index in [4.69, 9.17) is 16.0 Å². The Hall–Kier alpha value is -2.64. The fraction of sp³-hybridized carbons (Fsp3) is 0.111. The second kappa shape index (κ2) is 8.16. The molecule has 3 aromatic rings. The number of amides is 1. The minimum absolute atomic E-state index is 0.0616. The highest BCUT2D eigenvalue weighted by Gasteiger charge is 2.13. The molecule has 0 aliphatic carbocycles. The van der Waals surface area contributed by atoms with Crippen LogP contribution in [-0.2, 0) is 4.79 Å². The van der Waals surface area contributed by atoms with Gasteiger partial charge in [0.2, 0.25) is 11.8 Å². The molecule has 3 rings (SSSR count). The summed E-state index contributed by atoms with van der Waals surface area (Å²) in [7, 11) is 0. The van der Waals surface area contributed by atoms with Crippen molar-refractivity contribution in [2.75, 3.05) is 11.1 Å². The van der Waals surface area contributed by atoms with Crippen molar-refractivity contribution in [3.63, 3.8) is 0 Å². The number of rotatable bonds is 6. The van der Waals surface area contributed by atoms with Crippen LogP contribution in [0, 0.1) is 0 Å². The lowest BCUT2D eigenvalue weighted by molar-refractivity contribution is -0.113. The summed E-state index contributed by atoms with van der Waals surface area (Å²) >= 11 is 7.22. The third-order valence-corrected chi connectivity index (χ3v) is 4.54. The van der Waals surface area contributed by atoms with Gasteiger partial charge in [-0.3, -0.25) is 9.59 Å². The molecule has 132 valence electrons. The fourth-order valence-corrected chi connectivity index (χ4v) is 2.93. The second-order valence-electron chi connectivity index (χ2n) is 5.33. The molecule has 26 heavy (non-hydrogen) atoms. The maximum absolute atomic E-state index is 12.1. The molecule has 0 saturated heterocycles. The van der Waals surface area contributed by atoms with Gasteiger partial charge in [0.05, 0.1) is 16.3 Å². The summed E-state index contributed by atoms with van der Waals surface area (Å²) in [5.74, 6) is 0.0864. The van der Waals surface area contributed by atoms with Crippen molar-refractivity contribution in [1.82, 2.24) is 10.2 Å². The van der Waals surface area contributed by atoms with Crippen LogP contribution in [0.2, 0.25) is 5.02 Å². The number of halogens is 1. The Bertz CT molecular complexity index is 958. The predicted octanol–water partition coefficient (Wildman–Crippen LogP) is 4.32. The number of thioether (sulfide) groups is 1. The van der Waals surface area contributed by atoms with Crippen LogP contribution in [0.3, 0.4) is 0 Å².